The number of likely N-dealkylation sites (N-methyl/N-ethyl adjacent to an activating group) is 1. The third-order valence-electron chi connectivity index (χ3n) is 4.29. The van der Waals surface area contributed by atoms with Crippen molar-refractivity contribution in [2.24, 2.45) is 0 Å². The van der Waals surface area contributed by atoms with E-state index in [2.05, 4.69) is 24.1 Å². The minimum Gasteiger partial charge on any atom is -0.375 e. The van der Waals surface area contributed by atoms with Crippen molar-refractivity contribution >= 4 is 17.5 Å². The fraction of sp³-hybridized carbons (Fsp3) is 0.556. The number of nitrogens with zero attached hydrogens (tertiary/aromatic N) is 2. The Morgan fingerprint density at radius 3 is 2.71 bits per heavy atom. The molecule has 2 amide bonds. The van der Waals surface area contributed by atoms with Gasteiger partial charge in [-0.05, 0) is 32.4 Å². The van der Waals surface area contributed by atoms with Crippen molar-refractivity contribution in [1.29, 1.82) is 0 Å². The van der Waals surface area contributed by atoms with E-state index in [0.717, 1.165) is 13.1 Å². The molecule has 1 aromatic rings. The molecule has 0 radical (unpaired) electrons. The lowest BCUT2D eigenvalue weighted by Gasteiger charge is -2.35. The predicted molar refractivity (Wildman–Crippen MR) is 93.9 cm³/mol. The van der Waals surface area contributed by atoms with E-state index in [4.69, 9.17) is 4.74 Å². The molecule has 1 heterocycles. The van der Waals surface area contributed by atoms with Gasteiger partial charge in [-0.1, -0.05) is 18.2 Å². The van der Waals surface area contributed by atoms with E-state index in [1.807, 2.05) is 18.2 Å². The maximum absolute atomic E-state index is 12.1. The molecule has 1 aromatic carbocycles. The van der Waals surface area contributed by atoms with Gasteiger partial charge in [-0.2, -0.15) is 0 Å². The number of benzene rings is 1. The van der Waals surface area contributed by atoms with Gasteiger partial charge in [0.05, 0.1) is 12.7 Å². The molecule has 0 saturated carbocycles. The smallest absolute Gasteiger partial charge is 0.316 e. The Hall–Kier alpha value is -1.92. The first-order valence-corrected chi connectivity index (χ1v) is 8.45. The first kappa shape index (κ1) is 18.4. The minimum absolute atomic E-state index is 0.100. The molecule has 24 heavy (non-hydrogen) atoms. The Labute approximate surface area is 143 Å². The summed E-state index contributed by atoms with van der Waals surface area (Å²) in [5, 5.41) is 2.70. The fourth-order valence-corrected chi connectivity index (χ4v) is 2.73. The monoisotopic (exact) mass is 333 g/mol. The van der Waals surface area contributed by atoms with Crippen LogP contribution < -0.4 is 10.2 Å². The molecule has 0 aromatic heterocycles. The first-order valence-electron chi connectivity index (χ1n) is 8.45. The highest BCUT2D eigenvalue weighted by molar-refractivity contribution is 6.40. The SMILES string of the molecule is CC(C)N1CCOC(CCNC(=O)C(=O)N(C)c2ccccc2)C1. The number of morpholine rings is 1. The summed E-state index contributed by atoms with van der Waals surface area (Å²) in [6.45, 7) is 7.30. The van der Waals surface area contributed by atoms with Crippen LogP contribution in [0.15, 0.2) is 30.3 Å². The Balaban J connectivity index is 1.75. The lowest BCUT2D eigenvalue weighted by Crippen LogP contribution is -2.47. The molecule has 6 nitrogen and oxygen atoms in total. The quantitative estimate of drug-likeness (QED) is 0.824. The number of hydrogen-bond acceptors (Lipinski definition) is 4. The Morgan fingerprint density at radius 2 is 2.04 bits per heavy atom. The van der Waals surface area contributed by atoms with E-state index in [-0.39, 0.29) is 6.10 Å². The van der Waals surface area contributed by atoms with Gasteiger partial charge in [0.25, 0.3) is 0 Å². The molecule has 1 aliphatic rings. The summed E-state index contributed by atoms with van der Waals surface area (Å²) in [5.74, 6) is -1.15. The number of anilines is 1. The molecule has 132 valence electrons. The van der Waals surface area contributed by atoms with Gasteiger partial charge < -0.3 is 15.0 Å². The molecule has 1 atom stereocenters. The Morgan fingerprint density at radius 1 is 1.33 bits per heavy atom. The summed E-state index contributed by atoms with van der Waals surface area (Å²) >= 11 is 0. The van der Waals surface area contributed by atoms with Crippen LogP contribution in [0.2, 0.25) is 0 Å². The van der Waals surface area contributed by atoms with Crippen molar-refractivity contribution in [3.05, 3.63) is 30.3 Å². The predicted octanol–water partition coefficient (Wildman–Crippen LogP) is 1.26. The summed E-state index contributed by atoms with van der Waals surface area (Å²) in [7, 11) is 1.60. The van der Waals surface area contributed by atoms with Crippen molar-refractivity contribution in [1.82, 2.24) is 10.2 Å². The van der Waals surface area contributed by atoms with Gasteiger partial charge in [0.15, 0.2) is 0 Å². The molecule has 6 heteroatoms. The fourth-order valence-electron chi connectivity index (χ4n) is 2.73. The molecule has 0 aliphatic carbocycles. The van der Waals surface area contributed by atoms with Crippen LogP contribution in [0.1, 0.15) is 20.3 Å². The van der Waals surface area contributed by atoms with Crippen LogP contribution in [-0.2, 0) is 14.3 Å². The molecule has 0 spiro atoms. The largest absolute Gasteiger partial charge is 0.375 e. The molecule has 1 N–H and O–H groups in total. The second-order valence-electron chi connectivity index (χ2n) is 6.33. The van der Waals surface area contributed by atoms with Crippen LogP contribution in [0.25, 0.3) is 0 Å². The van der Waals surface area contributed by atoms with Crippen LogP contribution >= 0.6 is 0 Å². The molecule has 1 fully saturated rings. The Kier molecular flexibility index (Phi) is 6.75. The highest BCUT2D eigenvalue weighted by Gasteiger charge is 2.23. The highest BCUT2D eigenvalue weighted by Crippen LogP contribution is 2.12. The number of ether oxygens (including phenoxy) is 1. The van der Waals surface area contributed by atoms with Crippen molar-refractivity contribution in [3.63, 3.8) is 0 Å². The third-order valence-corrected chi connectivity index (χ3v) is 4.29. The maximum atomic E-state index is 12.1. The average Bonchev–Trinajstić information content (AvgIpc) is 2.61. The van der Waals surface area contributed by atoms with Crippen LogP contribution in [0.3, 0.4) is 0 Å². The summed E-state index contributed by atoms with van der Waals surface area (Å²) in [4.78, 5) is 27.9. The molecule has 0 bridgehead atoms. The normalized spacial score (nSPS) is 18.4. The zero-order valence-corrected chi connectivity index (χ0v) is 14.7. The summed E-state index contributed by atoms with van der Waals surface area (Å²) < 4.78 is 5.73. The molecular formula is C18H27N3O3. The van der Waals surface area contributed by atoms with Gasteiger partial charge >= 0.3 is 11.8 Å². The van der Waals surface area contributed by atoms with Gasteiger partial charge in [-0.15, -0.1) is 0 Å². The van der Waals surface area contributed by atoms with Gasteiger partial charge in [0.2, 0.25) is 0 Å². The second kappa shape index (κ2) is 8.80. The van der Waals surface area contributed by atoms with Crippen molar-refractivity contribution < 1.29 is 14.3 Å². The number of carbonyl (C=O) groups is 2. The Bertz CT molecular complexity index is 548. The van der Waals surface area contributed by atoms with E-state index >= 15 is 0 Å². The third kappa shape index (κ3) is 5.04. The molecule has 1 aliphatic heterocycles. The van der Waals surface area contributed by atoms with E-state index in [1.54, 1.807) is 19.2 Å². The average molecular weight is 333 g/mol. The topological polar surface area (TPSA) is 61.9 Å². The summed E-state index contributed by atoms with van der Waals surface area (Å²) in [5.41, 5.74) is 0.695. The lowest BCUT2D eigenvalue weighted by molar-refractivity contribution is -0.137. The van der Waals surface area contributed by atoms with E-state index in [0.29, 0.717) is 31.3 Å². The van der Waals surface area contributed by atoms with E-state index < -0.39 is 11.8 Å². The van der Waals surface area contributed by atoms with Crippen LogP contribution in [0.5, 0.6) is 0 Å². The van der Waals surface area contributed by atoms with Gasteiger partial charge in [0.1, 0.15) is 0 Å². The van der Waals surface area contributed by atoms with Crippen molar-refractivity contribution in [3.8, 4) is 0 Å². The maximum Gasteiger partial charge on any atom is 0.316 e. The highest BCUT2D eigenvalue weighted by atomic mass is 16.5. The molecule has 2 rings (SSSR count). The lowest BCUT2D eigenvalue weighted by atomic mass is 10.1. The van der Waals surface area contributed by atoms with Crippen LogP contribution in [0.4, 0.5) is 5.69 Å². The number of hydrogen-bond donors (Lipinski definition) is 1. The zero-order chi connectivity index (χ0) is 17.5. The number of nitrogens with one attached hydrogen (secondary N) is 1. The van der Waals surface area contributed by atoms with Gasteiger partial charge in [-0.3, -0.25) is 14.5 Å². The summed E-state index contributed by atoms with van der Waals surface area (Å²) in [6.07, 6.45) is 0.806. The number of amides is 2. The van der Waals surface area contributed by atoms with Crippen molar-refractivity contribution in [2.75, 3.05) is 38.2 Å². The van der Waals surface area contributed by atoms with E-state index in [1.165, 1.54) is 4.90 Å². The van der Waals surface area contributed by atoms with Gasteiger partial charge in [-0.25, -0.2) is 0 Å². The molecular weight excluding hydrogens is 306 g/mol. The number of carbonyl (C=O) groups excluding carboxylic acids is 2. The van der Waals surface area contributed by atoms with Gasteiger partial charge in [0, 0.05) is 38.4 Å². The molecule has 1 unspecified atom stereocenters. The van der Waals surface area contributed by atoms with Crippen LogP contribution in [0, 0.1) is 0 Å². The zero-order valence-electron chi connectivity index (χ0n) is 14.7. The minimum atomic E-state index is -0.585. The van der Waals surface area contributed by atoms with E-state index in [9.17, 15) is 9.59 Å². The summed E-state index contributed by atoms with van der Waals surface area (Å²) in [6, 6.07) is 9.61. The standard InChI is InChI=1S/C18H27N3O3/c1-14(2)21-11-12-24-16(13-21)9-10-19-17(22)18(23)20(3)15-7-5-4-6-8-15/h4-8,14,16H,9-13H2,1-3H3,(H,19,22). The first-order chi connectivity index (χ1) is 11.5. The number of rotatable bonds is 5. The van der Waals surface area contributed by atoms with Crippen LogP contribution in [-0.4, -0.2) is 62.1 Å². The second-order valence-corrected chi connectivity index (χ2v) is 6.33. The van der Waals surface area contributed by atoms with Crippen molar-refractivity contribution in [2.45, 2.75) is 32.4 Å². The molecule has 1 saturated heterocycles. The number of para-hydroxylation sites is 1.